The van der Waals surface area contributed by atoms with E-state index in [9.17, 15) is 0 Å². The van der Waals surface area contributed by atoms with Crippen molar-refractivity contribution in [2.24, 2.45) is 16.6 Å². The van der Waals surface area contributed by atoms with Crippen molar-refractivity contribution in [2.45, 2.75) is 18.8 Å². The third-order valence-corrected chi connectivity index (χ3v) is 11.6. The second kappa shape index (κ2) is 14.9. The second-order valence-electron chi connectivity index (χ2n) is 15.1. The first kappa shape index (κ1) is 35.0. The lowest BCUT2D eigenvalue weighted by molar-refractivity contribution is 0.504. The number of hydrogen-bond acceptors (Lipinski definition) is 2. The molecule has 0 amide bonds. The molecule has 0 saturated heterocycles. The molecule has 3 heteroatoms. The smallest absolute Gasteiger partial charge is 0.139 e. The summed E-state index contributed by atoms with van der Waals surface area (Å²) < 4.78 is 6.99. The van der Waals surface area contributed by atoms with Crippen LogP contribution in [0.2, 0.25) is 0 Å². The molecule has 0 spiro atoms. The molecule has 2 N–H and O–H groups in total. The van der Waals surface area contributed by atoms with Gasteiger partial charge in [-0.15, -0.1) is 0 Å². The van der Waals surface area contributed by atoms with E-state index in [1.807, 2.05) is 60.7 Å². The predicted octanol–water partition coefficient (Wildman–Crippen LogP) is 13.7. The van der Waals surface area contributed by atoms with Gasteiger partial charge in [-0.3, -0.25) is 0 Å². The van der Waals surface area contributed by atoms with Crippen LogP contribution in [-0.2, 0) is 0 Å². The molecule has 2 aliphatic carbocycles. The summed E-state index contributed by atoms with van der Waals surface area (Å²) in [6.07, 6.45) is 15.7. The summed E-state index contributed by atoms with van der Waals surface area (Å²) in [6, 6.07) is 56.7. The summed E-state index contributed by atoms with van der Waals surface area (Å²) in [5.41, 5.74) is 19.9. The van der Waals surface area contributed by atoms with Crippen molar-refractivity contribution in [3.8, 4) is 22.3 Å². The number of rotatable bonds is 8. The monoisotopic (exact) mass is 744 g/mol. The van der Waals surface area contributed by atoms with E-state index in [0.717, 1.165) is 90.2 Å². The van der Waals surface area contributed by atoms with Gasteiger partial charge in [-0.2, -0.15) is 0 Å². The van der Waals surface area contributed by atoms with Crippen molar-refractivity contribution in [2.75, 3.05) is 0 Å². The van der Waals surface area contributed by atoms with Crippen molar-refractivity contribution in [1.29, 1.82) is 0 Å². The van der Waals surface area contributed by atoms with E-state index in [2.05, 4.69) is 140 Å². The van der Waals surface area contributed by atoms with Crippen LogP contribution in [0.4, 0.5) is 0 Å². The second-order valence-corrected chi connectivity index (χ2v) is 15.1. The molecule has 276 valence electrons. The zero-order chi connectivity index (χ0) is 39.0. The molecule has 7 aromatic carbocycles. The summed E-state index contributed by atoms with van der Waals surface area (Å²) >= 11 is 0. The quantitative estimate of drug-likeness (QED) is 0.0957. The average molecular weight is 745 g/mol. The van der Waals surface area contributed by atoms with E-state index >= 15 is 0 Å². The van der Waals surface area contributed by atoms with Crippen LogP contribution in [0.25, 0.3) is 66.2 Å². The van der Waals surface area contributed by atoms with E-state index in [0.29, 0.717) is 11.8 Å². The maximum absolute atomic E-state index is 6.99. The number of allylic oxidation sites excluding steroid dienone is 8. The van der Waals surface area contributed by atoms with Crippen LogP contribution in [0.1, 0.15) is 41.0 Å². The fourth-order valence-electron chi connectivity index (χ4n) is 8.77. The van der Waals surface area contributed by atoms with Crippen molar-refractivity contribution in [1.82, 2.24) is 0 Å². The highest BCUT2D eigenvalue weighted by Crippen LogP contribution is 2.47. The molecule has 0 bridgehead atoms. The maximum atomic E-state index is 6.99. The Morgan fingerprint density at radius 3 is 2.40 bits per heavy atom. The average Bonchev–Trinajstić information content (AvgIpc) is 3.68. The Morgan fingerprint density at radius 1 is 0.759 bits per heavy atom. The largest absolute Gasteiger partial charge is 0.456 e. The van der Waals surface area contributed by atoms with Crippen LogP contribution in [0.3, 0.4) is 0 Å². The molecule has 0 fully saturated rings. The molecule has 8 aromatic rings. The normalized spacial score (nSPS) is 16.7. The number of nitrogens with zero attached hydrogens (tertiary/aromatic N) is 1. The Labute approximate surface area is 339 Å². The minimum absolute atomic E-state index is 0.174. The first-order valence-corrected chi connectivity index (χ1v) is 19.9. The third-order valence-electron chi connectivity index (χ3n) is 11.6. The molecule has 3 nitrogen and oxygen atoms in total. The zero-order valence-electron chi connectivity index (χ0n) is 32.0. The van der Waals surface area contributed by atoms with Crippen LogP contribution >= 0.6 is 0 Å². The lowest BCUT2D eigenvalue weighted by Crippen LogP contribution is -2.17. The highest BCUT2D eigenvalue weighted by molar-refractivity contribution is 6.15. The van der Waals surface area contributed by atoms with Gasteiger partial charge in [0.25, 0.3) is 0 Å². The fraction of sp³-hybridized carbons (Fsp3) is 0.0727. The van der Waals surface area contributed by atoms with Crippen molar-refractivity contribution >= 4 is 49.8 Å². The van der Waals surface area contributed by atoms with Gasteiger partial charge in [-0.25, -0.2) is 4.99 Å². The van der Waals surface area contributed by atoms with Crippen molar-refractivity contribution in [3.05, 3.63) is 229 Å². The molecule has 0 saturated carbocycles. The van der Waals surface area contributed by atoms with Gasteiger partial charge in [0.15, 0.2) is 0 Å². The van der Waals surface area contributed by atoms with Crippen LogP contribution in [-0.4, -0.2) is 5.84 Å². The third kappa shape index (κ3) is 6.45. The fourth-order valence-corrected chi connectivity index (χ4v) is 8.77. The Hall–Kier alpha value is -7.41. The minimum Gasteiger partial charge on any atom is -0.456 e. The van der Waals surface area contributed by atoms with Gasteiger partial charge in [0.2, 0.25) is 0 Å². The van der Waals surface area contributed by atoms with Gasteiger partial charge in [0, 0.05) is 38.8 Å². The number of aliphatic imine (C=N–C) groups is 1. The topological polar surface area (TPSA) is 51.5 Å². The first-order valence-electron chi connectivity index (χ1n) is 19.9. The number of nitrogens with two attached hydrogens (primary N) is 1. The Kier molecular flexibility index (Phi) is 9.01. The molecule has 0 aliphatic heterocycles. The van der Waals surface area contributed by atoms with Gasteiger partial charge in [0.05, 0.1) is 5.70 Å². The predicted molar refractivity (Wildman–Crippen MR) is 242 cm³/mol. The van der Waals surface area contributed by atoms with Crippen LogP contribution in [0.5, 0.6) is 0 Å². The molecule has 2 aliphatic rings. The lowest BCUT2D eigenvalue weighted by Gasteiger charge is -2.31. The number of hydrogen-bond donors (Lipinski definition) is 1. The van der Waals surface area contributed by atoms with E-state index in [4.69, 9.17) is 15.1 Å². The van der Waals surface area contributed by atoms with Gasteiger partial charge < -0.3 is 10.2 Å². The highest BCUT2D eigenvalue weighted by Gasteiger charge is 2.30. The van der Waals surface area contributed by atoms with Gasteiger partial charge in [0.1, 0.15) is 17.0 Å². The SMILES string of the molecule is C=C(/C=C(\N=C(N)c1ccccc1)c1cccc(-c2cccc3oc4c(C5C=CC=C6C=CCCC65)cc(-c5cccc6c#cccc56)cc4c23)c1)c1ccccc1. The first-order chi connectivity index (χ1) is 28.6. The lowest BCUT2D eigenvalue weighted by atomic mass is 9.73. The van der Waals surface area contributed by atoms with Crippen molar-refractivity contribution < 1.29 is 4.42 Å². The molecule has 2 atom stereocenters. The van der Waals surface area contributed by atoms with Crippen LogP contribution in [0.15, 0.2) is 204 Å². The Bertz CT molecular complexity index is 3020. The molecule has 10 rings (SSSR count). The van der Waals surface area contributed by atoms with Crippen molar-refractivity contribution in [3.63, 3.8) is 0 Å². The summed E-state index contributed by atoms with van der Waals surface area (Å²) in [5.74, 6) is 0.995. The van der Waals surface area contributed by atoms with Crippen LogP contribution in [0, 0.1) is 18.1 Å². The van der Waals surface area contributed by atoms with E-state index in [-0.39, 0.29) is 5.92 Å². The maximum Gasteiger partial charge on any atom is 0.139 e. The highest BCUT2D eigenvalue weighted by atomic mass is 16.3. The molecule has 1 heterocycles. The minimum atomic E-state index is 0.174. The summed E-state index contributed by atoms with van der Waals surface area (Å²) in [6.45, 7) is 4.43. The standard InChI is InChI=1S/C55H40N2O/c1-36(37-16-4-2-5-17-37)32-51(57-55(56)40-20-6-3-7-21-40)42-25-12-24-41(33-42)47-29-15-31-52-53(47)50-35-43(46-28-13-22-38-18-8-10-26-44(38)46)34-49(54(50)58-52)48-30-14-23-39-19-9-11-27-45(39)48/h2-7,9-10,12-17,19-26,28-35,45,48H,1,11,27H2,(H2,56,57)/b51-32-. The summed E-state index contributed by atoms with van der Waals surface area (Å²) in [5, 5.41) is 4.39. The van der Waals surface area contributed by atoms with Gasteiger partial charge in [-0.1, -0.05) is 152 Å². The molecular weight excluding hydrogens is 705 g/mol. The van der Waals surface area contributed by atoms with E-state index in [1.54, 1.807) is 0 Å². The number of furan rings is 1. The molecule has 1 aromatic heterocycles. The number of fused-ring (bicyclic) bond motifs is 5. The molecule has 58 heavy (non-hydrogen) atoms. The zero-order valence-corrected chi connectivity index (χ0v) is 32.0. The van der Waals surface area contributed by atoms with E-state index < -0.39 is 0 Å². The summed E-state index contributed by atoms with van der Waals surface area (Å²) in [7, 11) is 0. The number of benzene rings is 6. The van der Waals surface area contributed by atoms with Crippen LogP contribution < -0.4 is 5.73 Å². The Balaban J connectivity index is 1.17. The number of amidine groups is 1. The van der Waals surface area contributed by atoms with E-state index in [1.165, 1.54) is 16.7 Å². The molecule has 2 unspecified atom stereocenters. The van der Waals surface area contributed by atoms with Gasteiger partial charge in [-0.05, 0) is 112 Å². The summed E-state index contributed by atoms with van der Waals surface area (Å²) in [4.78, 5) is 5.04. The van der Waals surface area contributed by atoms with Gasteiger partial charge >= 0.3 is 0 Å². The molecular formula is C55H40N2O. The molecule has 0 radical (unpaired) electrons. The Morgan fingerprint density at radius 2 is 1.53 bits per heavy atom.